The largest absolute Gasteiger partial charge is 0.322 e. The summed E-state index contributed by atoms with van der Waals surface area (Å²) < 4.78 is 15.8. The van der Waals surface area contributed by atoms with Gasteiger partial charge in [0.1, 0.15) is 12.4 Å². The molecule has 0 unspecified atom stereocenters. The molecule has 0 atom stereocenters. The van der Waals surface area contributed by atoms with Gasteiger partial charge in [-0.2, -0.15) is 0 Å². The monoisotopic (exact) mass is 463 g/mol. The second kappa shape index (κ2) is 9.07. The number of nitrogens with one attached hydrogen (secondary N) is 1. The molecule has 33 heavy (non-hydrogen) atoms. The maximum absolute atomic E-state index is 13.8. The minimum Gasteiger partial charge on any atom is -0.322 e. The molecule has 1 aliphatic rings. The van der Waals surface area contributed by atoms with Gasteiger partial charge in [0, 0.05) is 17.1 Å². The minimum atomic E-state index is -0.652. The fraction of sp³-hybridized carbons (Fsp3) is 0.160. The summed E-state index contributed by atoms with van der Waals surface area (Å²) in [6.07, 6.45) is 1.67. The number of hydrogen-bond acceptors (Lipinski definition) is 4. The zero-order valence-electron chi connectivity index (χ0n) is 18.4. The molecule has 1 fully saturated rings. The van der Waals surface area contributed by atoms with Gasteiger partial charge in [0.2, 0.25) is 5.91 Å². The van der Waals surface area contributed by atoms with Crippen LogP contribution in [0.5, 0.6) is 0 Å². The number of para-hydroxylation sites is 1. The van der Waals surface area contributed by atoms with Crippen LogP contribution in [0.3, 0.4) is 0 Å². The van der Waals surface area contributed by atoms with Crippen molar-refractivity contribution < 1.29 is 18.8 Å². The molecular weight excluding hydrogens is 441 g/mol. The van der Waals surface area contributed by atoms with E-state index in [0.717, 1.165) is 44.9 Å². The molecule has 0 spiro atoms. The predicted octanol–water partition coefficient (Wildman–Crippen LogP) is 5.22. The van der Waals surface area contributed by atoms with Gasteiger partial charge in [-0.1, -0.05) is 29.8 Å². The van der Waals surface area contributed by atoms with Crippen LogP contribution in [0.2, 0.25) is 0 Å². The smallest absolute Gasteiger partial charge is 0.294 e. The number of carbonyl (C=O) groups excluding carboxylic acids is 3. The van der Waals surface area contributed by atoms with Gasteiger partial charge in [0.25, 0.3) is 11.1 Å². The molecule has 0 radical (unpaired) electrons. The minimum absolute atomic E-state index is 0.00596. The van der Waals surface area contributed by atoms with E-state index < -0.39 is 29.4 Å². The first kappa shape index (κ1) is 22.5. The number of carbonyl (C=O) groups is 3. The molecule has 168 valence electrons. The summed E-state index contributed by atoms with van der Waals surface area (Å²) in [6.45, 7) is 5.46. The highest BCUT2D eigenvalue weighted by atomic mass is 32.2. The summed E-state index contributed by atoms with van der Waals surface area (Å²) in [6, 6.07) is 15.8. The molecule has 4 rings (SSSR count). The highest BCUT2D eigenvalue weighted by Crippen LogP contribution is 2.33. The Kier molecular flexibility index (Phi) is 6.20. The van der Waals surface area contributed by atoms with Crippen LogP contribution in [0.25, 0.3) is 11.8 Å². The molecule has 1 N–H and O–H groups in total. The Hall–Kier alpha value is -3.65. The number of halogens is 1. The van der Waals surface area contributed by atoms with Gasteiger partial charge in [-0.15, -0.1) is 0 Å². The topological polar surface area (TPSA) is 71.4 Å². The van der Waals surface area contributed by atoms with E-state index in [1.807, 2.05) is 51.1 Å². The highest BCUT2D eigenvalue weighted by Gasteiger charge is 2.36. The number of hydrogen-bond donors (Lipinski definition) is 1. The summed E-state index contributed by atoms with van der Waals surface area (Å²) in [4.78, 5) is 38.7. The molecule has 8 heteroatoms. The van der Waals surface area contributed by atoms with Crippen LogP contribution in [-0.4, -0.2) is 33.1 Å². The number of aryl methyl sites for hydroxylation is 2. The Bertz CT molecular complexity index is 1290. The van der Waals surface area contributed by atoms with E-state index in [9.17, 15) is 18.8 Å². The lowest BCUT2D eigenvalue weighted by molar-refractivity contribution is -0.127. The van der Waals surface area contributed by atoms with Crippen LogP contribution in [-0.2, 0) is 9.59 Å². The van der Waals surface area contributed by atoms with Gasteiger partial charge in [0.05, 0.1) is 10.6 Å². The van der Waals surface area contributed by atoms with Crippen LogP contribution in [0, 0.1) is 26.6 Å². The van der Waals surface area contributed by atoms with E-state index in [0.29, 0.717) is 0 Å². The summed E-state index contributed by atoms with van der Waals surface area (Å²) in [7, 11) is 0. The maximum atomic E-state index is 13.8. The van der Waals surface area contributed by atoms with Crippen molar-refractivity contribution in [3.8, 4) is 5.69 Å². The van der Waals surface area contributed by atoms with Crippen molar-refractivity contribution in [2.24, 2.45) is 0 Å². The molecule has 0 bridgehead atoms. The standard InChI is InChI=1S/C25H22FN3O3S/c1-15-8-10-19(11-9-15)29-16(2)12-18(17(29)3)13-22-24(31)28(25(32)33-22)14-23(30)27-21-7-5-4-6-20(21)26/h4-13H,14H2,1-3H3,(H,27,30). The average Bonchev–Trinajstić information content (AvgIpc) is 3.20. The Morgan fingerprint density at radius 2 is 1.76 bits per heavy atom. The van der Waals surface area contributed by atoms with E-state index in [-0.39, 0.29) is 10.6 Å². The second-order valence-corrected chi connectivity index (χ2v) is 8.79. The quantitative estimate of drug-likeness (QED) is 0.527. The van der Waals surface area contributed by atoms with Crippen molar-refractivity contribution in [1.82, 2.24) is 9.47 Å². The Morgan fingerprint density at radius 3 is 2.45 bits per heavy atom. The lowest BCUT2D eigenvalue weighted by Gasteiger charge is -2.12. The first-order valence-electron chi connectivity index (χ1n) is 10.3. The lowest BCUT2D eigenvalue weighted by atomic mass is 10.2. The molecule has 0 aliphatic carbocycles. The third-order valence-electron chi connectivity index (χ3n) is 5.37. The maximum Gasteiger partial charge on any atom is 0.294 e. The lowest BCUT2D eigenvalue weighted by Crippen LogP contribution is -2.36. The summed E-state index contributed by atoms with van der Waals surface area (Å²) in [5.41, 5.74) is 4.90. The summed E-state index contributed by atoms with van der Waals surface area (Å²) >= 11 is 0.785. The van der Waals surface area contributed by atoms with Crippen LogP contribution in [0.15, 0.2) is 59.5 Å². The van der Waals surface area contributed by atoms with Crippen LogP contribution < -0.4 is 5.32 Å². The van der Waals surface area contributed by atoms with E-state index in [4.69, 9.17) is 0 Å². The Labute approximate surface area is 195 Å². The number of thioether (sulfide) groups is 1. The first-order chi connectivity index (χ1) is 15.7. The number of aromatic nitrogens is 1. The van der Waals surface area contributed by atoms with Gasteiger partial charge in [-0.05, 0) is 74.5 Å². The van der Waals surface area contributed by atoms with Gasteiger partial charge in [-0.25, -0.2) is 4.39 Å². The number of imide groups is 1. The van der Waals surface area contributed by atoms with E-state index >= 15 is 0 Å². The first-order valence-corrected chi connectivity index (χ1v) is 11.1. The van der Waals surface area contributed by atoms with Crippen LogP contribution in [0.4, 0.5) is 14.9 Å². The fourth-order valence-electron chi connectivity index (χ4n) is 3.70. The average molecular weight is 464 g/mol. The molecule has 1 aliphatic heterocycles. The zero-order valence-corrected chi connectivity index (χ0v) is 19.2. The Morgan fingerprint density at radius 1 is 1.06 bits per heavy atom. The number of anilines is 1. The molecule has 3 aromatic rings. The van der Waals surface area contributed by atoms with Crippen molar-refractivity contribution in [3.63, 3.8) is 0 Å². The van der Waals surface area contributed by atoms with Crippen molar-refractivity contribution >= 4 is 40.6 Å². The number of nitrogens with zero attached hydrogens (tertiary/aromatic N) is 2. The van der Waals surface area contributed by atoms with Gasteiger partial charge in [0.15, 0.2) is 0 Å². The van der Waals surface area contributed by atoms with Crippen LogP contribution >= 0.6 is 11.8 Å². The van der Waals surface area contributed by atoms with Crippen molar-refractivity contribution in [3.05, 3.63) is 87.8 Å². The molecule has 2 heterocycles. The normalized spacial score (nSPS) is 14.9. The summed E-state index contributed by atoms with van der Waals surface area (Å²) in [5, 5.41) is 1.85. The highest BCUT2D eigenvalue weighted by molar-refractivity contribution is 8.18. The van der Waals surface area contributed by atoms with E-state index in [1.165, 1.54) is 18.2 Å². The second-order valence-electron chi connectivity index (χ2n) is 7.79. The molecule has 1 saturated heterocycles. The molecule has 3 amide bonds. The van der Waals surface area contributed by atoms with E-state index in [1.54, 1.807) is 12.1 Å². The van der Waals surface area contributed by atoms with Crippen molar-refractivity contribution in [2.75, 3.05) is 11.9 Å². The molecule has 0 saturated carbocycles. The number of benzene rings is 2. The third-order valence-corrected chi connectivity index (χ3v) is 6.28. The number of rotatable bonds is 5. The van der Waals surface area contributed by atoms with Crippen molar-refractivity contribution in [2.45, 2.75) is 20.8 Å². The summed E-state index contributed by atoms with van der Waals surface area (Å²) in [5.74, 6) is -1.79. The van der Waals surface area contributed by atoms with Crippen LogP contribution in [0.1, 0.15) is 22.5 Å². The molecule has 6 nitrogen and oxygen atoms in total. The molecular formula is C25H22FN3O3S. The zero-order chi connectivity index (χ0) is 23.7. The van der Waals surface area contributed by atoms with E-state index in [2.05, 4.69) is 9.88 Å². The molecule has 1 aromatic heterocycles. The van der Waals surface area contributed by atoms with Gasteiger partial charge >= 0.3 is 0 Å². The van der Waals surface area contributed by atoms with Gasteiger partial charge < -0.3 is 9.88 Å². The predicted molar refractivity (Wildman–Crippen MR) is 128 cm³/mol. The van der Waals surface area contributed by atoms with Crippen molar-refractivity contribution in [1.29, 1.82) is 0 Å². The fourth-order valence-corrected chi connectivity index (χ4v) is 4.53. The Balaban J connectivity index is 1.53. The third kappa shape index (κ3) is 4.61. The molecule has 2 aromatic carbocycles. The number of amides is 3. The van der Waals surface area contributed by atoms with Gasteiger partial charge in [-0.3, -0.25) is 19.3 Å². The SMILES string of the molecule is Cc1ccc(-n2c(C)cc(C=C3SC(=O)N(CC(=O)Nc4ccccc4F)C3=O)c2C)cc1.